The Morgan fingerprint density at radius 1 is 1.18 bits per heavy atom. The molecule has 0 bridgehead atoms. The maximum absolute atomic E-state index is 11.6. The number of hydrogen-bond donors (Lipinski definition) is 2. The molecule has 0 aliphatic rings. The maximum Gasteiger partial charge on any atom is 0.246 e. The van der Waals surface area contributed by atoms with Gasteiger partial charge in [0.1, 0.15) is 18.7 Å². The SMILES string of the molecule is CCNCCOCCOCC(=O)NC(C=O)CCCC(C)=O. The lowest BCUT2D eigenvalue weighted by molar-refractivity contribution is -0.128. The van der Waals surface area contributed by atoms with Gasteiger partial charge in [-0.1, -0.05) is 6.92 Å². The first kappa shape index (κ1) is 20.7. The van der Waals surface area contributed by atoms with Gasteiger partial charge in [0.2, 0.25) is 5.91 Å². The molecule has 0 radical (unpaired) electrons. The number of carbonyl (C=O) groups is 3. The monoisotopic (exact) mass is 316 g/mol. The molecule has 0 fully saturated rings. The standard InChI is InChI=1S/C15H28N2O5/c1-3-16-7-8-21-9-10-22-12-15(20)17-14(11-18)6-4-5-13(2)19/h11,14,16H,3-10,12H2,1-2H3,(H,17,20). The van der Waals surface area contributed by atoms with E-state index in [0.29, 0.717) is 45.4 Å². The zero-order chi connectivity index (χ0) is 16.6. The fraction of sp³-hybridized carbons (Fsp3) is 0.800. The van der Waals surface area contributed by atoms with Crippen molar-refractivity contribution >= 4 is 18.0 Å². The van der Waals surface area contributed by atoms with Crippen molar-refractivity contribution in [2.24, 2.45) is 0 Å². The predicted molar refractivity (Wildman–Crippen MR) is 82.7 cm³/mol. The Balaban J connectivity index is 3.57. The molecule has 128 valence electrons. The van der Waals surface area contributed by atoms with E-state index in [0.717, 1.165) is 13.1 Å². The summed E-state index contributed by atoms with van der Waals surface area (Å²) < 4.78 is 10.5. The molecule has 0 saturated carbocycles. The lowest BCUT2D eigenvalue weighted by atomic mass is 10.1. The van der Waals surface area contributed by atoms with E-state index in [4.69, 9.17) is 9.47 Å². The molecular weight excluding hydrogens is 288 g/mol. The first-order valence-corrected chi connectivity index (χ1v) is 7.70. The topological polar surface area (TPSA) is 93.7 Å². The first-order valence-electron chi connectivity index (χ1n) is 7.70. The number of aldehydes is 1. The summed E-state index contributed by atoms with van der Waals surface area (Å²) in [5.41, 5.74) is 0. The van der Waals surface area contributed by atoms with Crippen molar-refractivity contribution in [1.29, 1.82) is 0 Å². The minimum atomic E-state index is -0.563. The van der Waals surface area contributed by atoms with Gasteiger partial charge < -0.3 is 29.7 Å². The van der Waals surface area contributed by atoms with Crippen LogP contribution in [0.4, 0.5) is 0 Å². The van der Waals surface area contributed by atoms with Crippen molar-refractivity contribution in [3.8, 4) is 0 Å². The lowest BCUT2D eigenvalue weighted by Crippen LogP contribution is -2.38. The van der Waals surface area contributed by atoms with Gasteiger partial charge >= 0.3 is 0 Å². The molecule has 0 rings (SSSR count). The van der Waals surface area contributed by atoms with Crippen LogP contribution in [0.15, 0.2) is 0 Å². The van der Waals surface area contributed by atoms with Crippen LogP contribution in [0.2, 0.25) is 0 Å². The van der Waals surface area contributed by atoms with Crippen LogP contribution < -0.4 is 10.6 Å². The first-order chi connectivity index (χ1) is 10.6. The van der Waals surface area contributed by atoms with Gasteiger partial charge in [0.05, 0.1) is 25.9 Å². The maximum atomic E-state index is 11.6. The smallest absolute Gasteiger partial charge is 0.246 e. The quantitative estimate of drug-likeness (QED) is 0.328. The van der Waals surface area contributed by atoms with Crippen molar-refractivity contribution in [1.82, 2.24) is 10.6 Å². The molecular formula is C15H28N2O5. The molecule has 0 aromatic rings. The van der Waals surface area contributed by atoms with Crippen LogP contribution in [-0.4, -0.2) is 63.5 Å². The number of ketones is 1. The van der Waals surface area contributed by atoms with Gasteiger partial charge in [-0.15, -0.1) is 0 Å². The third-order valence-corrected chi connectivity index (χ3v) is 2.83. The summed E-state index contributed by atoms with van der Waals surface area (Å²) in [7, 11) is 0. The second-order valence-corrected chi connectivity index (χ2v) is 4.92. The van der Waals surface area contributed by atoms with Crippen LogP contribution in [0.5, 0.6) is 0 Å². The molecule has 0 aliphatic carbocycles. The van der Waals surface area contributed by atoms with E-state index in [-0.39, 0.29) is 18.3 Å². The van der Waals surface area contributed by atoms with Crippen LogP contribution in [-0.2, 0) is 23.9 Å². The van der Waals surface area contributed by atoms with Gasteiger partial charge in [-0.3, -0.25) is 4.79 Å². The molecule has 1 amide bonds. The van der Waals surface area contributed by atoms with E-state index < -0.39 is 6.04 Å². The summed E-state index contributed by atoms with van der Waals surface area (Å²) in [5, 5.41) is 5.69. The number of likely N-dealkylation sites (N-methyl/N-ethyl adjacent to an activating group) is 1. The van der Waals surface area contributed by atoms with Gasteiger partial charge in [-0.2, -0.15) is 0 Å². The molecule has 0 aliphatic heterocycles. The van der Waals surface area contributed by atoms with Crippen molar-refractivity contribution in [3.05, 3.63) is 0 Å². The van der Waals surface area contributed by atoms with Gasteiger partial charge in [0, 0.05) is 13.0 Å². The van der Waals surface area contributed by atoms with Crippen LogP contribution in [0, 0.1) is 0 Å². The van der Waals surface area contributed by atoms with Crippen LogP contribution in [0.25, 0.3) is 0 Å². The number of hydrogen-bond acceptors (Lipinski definition) is 6. The molecule has 0 heterocycles. The van der Waals surface area contributed by atoms with Crippen molar-refractivity contribution in [2.45, 2.75) is 39.2 Å². The minimum absolute atomic E-state index is 0.0773. The Bertz CT molecular complexity index is 323. The number of rotatable bonds is 15. The summed E-state index contributed by atoms with van der Waals surface area (Å²) >= 11 is 0. The fourth-order valence-corrected chi connectivity index (χ4v) is 1.70. The van der Waals surface area contributed by atoms with E-state index in [2.05, 4.69) is 10.6 Å². The molecule has 0 spiro atoms. The average molecular weight is 316 g/mol. The highest BCUT2D eigenvalue weighted by Crippen LogP contribution is 2.00. The second kappa shape index (κ2) is 14.6. The van der Waals surface area contributed by atoms with Crippen molar-refractivity contribution in [2.75, 3.05) is 39.5 Å². The van der Waals surface area contributed by atoms with E-state index in [1.54, 1.807) is 0 Å². The van der Waals surface area contributed by atoms with E-state index in [1.807, 2.05) is 6.92 Å². The number of Topliss-reactive ketones (excluding diaryl/α,β-unsaturated/α-hetero) is 1. The van der Waals surface area contributed by atoms with Gasteiger partial charge in [-0.05, 0) is 26.3 Å². The zero-order valence-electron chi connectivity index (χ0n) is 13.6. The third-order valence-electron chi connectivity index (χ3n) is 2.83. The van der Waals surface area contributed by atoms with Crippen LogP contribution in [0.1, 0.15) is 33.1 Å². The van der Waals surface area contributed by atoms with Crippen LogP contribution >= 0.6 is 0 Å². The molecule has 1 unspecified atom stereocenters. The van der Waals surface area contributed by atoms with E-state index in [1.165, 1.54) is 6.92 Å². The third kappa shape index (κ3) is 13.7. The Labute approximate surface area is 132 Å². The second-order valence-electron chi connectivity index (χ2n) is 4.92. The normalized spacial score (nSPS) is 11.9. The van der Waals surface area contributed by atoms with E-state index >= 15 is 0 Å². The largest absolute Gasteiger partial charge is 0.378 e. The van der Waals surface area contributed by atoms with Gasteiger partial charge in [-0.25, -0.2) is 0 Å². The number of nitrogens with one attached hydrogen (secondary N) is 2. The molecule has 0 aromatic carbocycles. The summed E-state index contributed by atoms with van der Waals surface area (Å²) in [6, 6.07) is -0.563. The number of ether oxygens (including phenoxy) is 2. The molecule has 2 N–H and O–H groups in total. The Morgan fingerprint density at radius 2 is 1.91 bits per heavy atom. The van der Waals surface area contributed by atoms with Crippen LogP contribution in [0.3, 0.4) is 0 Å². The summed E-state index contributed by atoms with van der Waals surface area (Å²) in [5.74, 6) is -0.263. The van der Waals surface area contributed by atoms with Crippen molar-refractivity contribution in [3.63, 3.8) is 0 Å². The Hall–Kier alpha value is -1.31. The highest BCUT2D eigenvalue weighted by Gasteiger charge is 2.11. The molecule has 1 atom stereocenters. The summed E-state index contributed by atoms with van der Waals surface area (Å²) in [6.07, 6.45) is 2.14. The molecule has 0 aromatic heterocycles. The molecule has 7 heteroatoms. The predicted octanol–water partition coefficient (Wildman–Crippen LogP) is 0.0721. The molecule has 7 nitrogen and oxygen atoms in total. The minimum Gasteiger partial charge on any atom is -0.378 e. The molecule has 22 heavy (non-hydrogen) atoms. The lowest BCUT2D eigenvalue weighted by Gasteiger charge is -2.12. The van der Waals surface area contributed by atoms with E-state index in [9.17, 15) is 14.4 Å². The number of carbonyl (C=O) groups excluding carboxylic acids is 3. The van der Waals surface area contributed by atoms with Gasteiger partial charge in [0.15, 0.2) is 0 Å². The average Bonchev–Trinajstić information content (AvgIpc) is 2.48. The Morgan fingerprint density at radius 3 is 2.55 bits per heavy atom. The number of amides is 1. The molecule has 0 saturated heterocycles. The highest BCUT2D eigenvalue weighted by atomic mass is 16.5. The highest BCUT2D eigenvalue weighted by molar-refractivity contribution is 5.80. The van der Waals surface area contributed by atoms with Gasteiger partial charge in [0.25, 0.3) is 0 Å². The summed E-state index contributed by atoms with van der Waals surface area (Å²) in [6.45, 7) is 6.48. The fourth-order valence-electron chi connectivity index (χ4n) is 1.70. The zero-order valence-corrected chi connectivity index (χ0v) is 13.6. The van der Waals surface area contributed by atoms with Crippen molar-refractivity contribution < 1.29 is 23.9 Å². The Kier molecular flexibility index (Phi) is 13.7. The summed E-state index contributed by atoms with van der Waals surface area (Å²) in [4.78, 5) is 33.2.